The minimum atomic E-state index is -0.00259. The predicted octanol–water partition coefficient (Wildman–Crippen LogP) is 5.37. The number of Topliss-reactive ketones (excluding diaryl/α,β-unsaturated/α-hetero) is 1. The van der Waals surface area contributed by atoms with E-state index in [1.54, 1.807) is 12.1 Å². The second-order valence-electron chi connectivity index (χ2n) is 8.67. The number of aromatic nitrogens is 2. The van der Waals surface area contributed by atoms with E-state index >= 15 is 0 Å². The first-order valence-electron chi connectivity index (χ1n) is 10.9. The lowest BCUT2D eigenvalue weighted by atomic mass is 10.0. The quantitative estimate of drug-likeness (QED) is 0.489. The van der Waals surface area contributed by atoms with Gasteiger partial charge in [-0.2, -0.15) is 0 Å². The number of aryl methyl sites for hydroxylation is 2. The number of hydrogen-bond donors (Lipinski definition) is 0. The molecule has 0 bridgehead atoms. The molecule has 0 unspecified atom stereocenters. The number of fused-ring (bicyclic) bond motifs is 1. The van der Waals surface area contributed by atoms with Crippen LogP contribution in [0.2, 0.25) is 0 Å². The molecule has 0 radical (unpaired) electrons. The zero-order chi connectivity index (χ0) is 22.1. The van der Waals surface area contributed by atoms with Crippen LogP contribution < -0.4 is 0 Å². The second-order valence-corrected chi connectivity index (χ2v) is 9.76. The van der Waals surface area contributed by atoms with Crippen molar-refractivity contribution in [3.8, 4) is 11.4 Å². The third kappa shape index (κ3) is 4.35. The second kappa shape index (κ2) is 8.79. The Morgan fingerprint density at radius 2 is 1.84 bits per heavy atom. The number of hydrogen-bond acceptors (Lipinski definition) is 4. The summed E-state index contributed by atoms with van der Waals surface area (Å²) in [7, 11) is 0. The van der Waals surface area contributed by atoms with Crippen LogP contribution in [0.15, 0.2) is 36.4 Å². The zero-order valence-corrected chi connectivity index (χ0v) is 19.5. The van der Waals surface area contributed by atoms with Crippen molar-refractivity contribution < 1.29 is 9.59 Å². The molecule has 0 N–H and O–H groups in total. The van der Waals surface area contributed by atoms with Gasteiger partial charge in [0.1, 0.15) is 5.82 Å². The number of carbonyl (C=O) groups excluding carboxylic acids is 2. The van der Waals surface area contributed by atoms with Crippen LogP contribution >= 0.6 is 11.3 Å². The van der Waals surface area contributed by atoms with Gasteiger partial charge in [-0.1, -0.05) is 38.1 Å². The van der Waals surface area contributed by atoms with Crippen molar-refractivity contribution in [2.45, 2.75) is 53.6 Å². The normalized spacial score (nSPS) is 13.5. The zero-order valence-electron chi connectivity index (χ0n) is 18.6. The highest BCUT2D eigenvalue weighted by Gasteiger charge is 2.28. The Kier molecular flexibility index (Phi) is 6.10. The van der Waals surface area contributed by atoms with Crippen LogP contribution in [0.25, 0.3) is 11.4 Å². The van der Waals surface area contributed by atoms with E-state index in [0.717, 1.165) is 42.2 Å². The van der Waals surface area contributed by atoms with Gasteiger partial charge in [-0.05, 0) is 50.3 Å². The van der Waals surface area contributed by atoms with Crippen molar-refractivity contribution >= 4 is 23.0 Å². The van der Waals surface area contributed by atoms with Gasteiger partial charge in [0.25, 0.3) is 5.91 Å². The summed E-state index contributed by atoms with van der Waals surface area (Å²) in [5, 5.41) is 0. The fourth-order valence-electron chi connectivity index (χ4n) is 4.06. The van der Waals surface area contributed by atoms with Gasteiger partial charge >= 0.3 is 0 Å². The van der Waals surface area contributed by atoms with E-state index in [1.165, 1.54) is 23.8 Å². The van der Waals surface area contributed by atoms with Crippen molar-refractivity contribution in [2.24, 2.45) is 5.92 Å². The maximum Gasteiger partial charge on any atom is 0.264 e. The van der Waals surface area contributed by atoms with Gasteiger partial charge in [0.2, 0.25) is 0 Å². The SMILES string of the molecule is CC(=O)c1ccc(C(=O)N2CCn3c(-c4ccccc4C)nc(CCC(C)C)c3C2)s1. The molecule has 6 heteroatoms. The van der Waals surface area contributed by atoms with Gasteiger partial charge in [0, 0.05) is 18.7 Å². The van der Waals surface area contributed by atoms with E-state index in [4.69, 9.17) is 4.98 Å². The first-order chi connectivity index (χ1) is 14.8. The molecule has 4 rings (SSSR count). The van der Waals surface area contributed by atoms with Crippen LogP contribution in [0, 0.1) is 12.8 Å². The van der Waals surface area contributed by atoms with Gasteiger partial charge in [-0.15, -0.1) is 11.3 Å². The van der Waals surface area contributed by atoms with Crippen molar-refractivity contribution in [1.29, 1.82) is 0 Å². The maximum atomic E-state index is 13.1. The minimum Gasteiger partial charge on any atom is -0.330 e. The number of carbonyl (C=O) groups is 2. The molecule has 31 heavy (non-hydrogen) atoms. The summed E-state index contributed by atoms with van der Waals surface area (Å²) in [4.78, 5) is 33.0. The highest BCUT2D eigenvalue weighted by Crippen LogP contribution is 2.30. The summed E-state index contributed by atoms with van der Waals surface area (Å²) in [5.74, 6) is 1.60. The molecule has 1 aliphatic rings. The average Bonchev–Trinajstić information content (AvgIpc) is 3.37. The molecule has 3 aromatic rings. The number of nitrogens with zero attached hydrogens (tertiary/aromatic N) is 3. The molecular formula is C25H29N3O2S. The number of benzene rings is 1. The molecule has 2 aromatic heterocycles. The van der Waals surface area contributed by atoms with E-state index in [2.05, 4.69) is 49.6 Å². The third-order valence-corrected chi connectivity index (χ3v) is 7.06. The lowest BCUT2D eigenvalue weighted by Crippen LogP contribution is -2.38. The highest BCUT2D eigenvalue weighted by atomic mass is 32.1. The van der Waals surface area contributed by atoms with Gasteiger partial charge < -0.3 is 9.47 Å². The Balaban J connectivity index is 1.67. The molecular weight excluding hydrogens is 406 g/mol. The summed E-state index contributed by atoms with van der Waals surface area (Å²) in [6.07, 6.45) is 1.98. The van der Waals surface area contributed by atoms with Crippen LogP contribution in [0.4, 0.5) is 0 Å². The van der Waals surface area contributed by atoms with E-state index in [9.17, 15) is 9.59 Å². The summed E-state index contributed by atoms with van der Waals surface area (Å²) in [6.45, 7) is 10.0. The first-order valence-corrected chi connectivity index (χ1v) is 11.7. The lowest BCUT2D eigenvalue weighted by Gasteiger charge is -2.29. The van der Waals surface area contributed by atoms with Crippen molar-refractivity contribution in [3.05, 3.63) is 63.1 Å². The Morgan fingerprint density at radius 1 is 1.10 bits per heavy atom. The molecule has 162 valence electrons. The van der Waals surface area contributed by atoms with E-state index < -0.39 is 0 Å². The number of thiophene rings is 1. The van der Waals surface area contributed by atoms with Crippen molar-refractivity contribution in [3.63, 3.8) is 0 Å². The van der Waals surface area contributed by atoms with Crippen LogP contribution in [0.1, 0.15) is 63.5 Å². The molecule has 3 heterocycles. The summed E-state index contributed by atoms with van der Waals surface area (Å²) >= 11 is 1.28. The largest absolute Gasteiger partial charge is 0.330 e. The van der Waals surface area contributed by atoms with Gasteiger partial charge in [0.05, 0.1) is 27.7 Å². The lowest BCUT2D eigenvalue weighted by molar-refractivity contribution is 0.0716. The number of rotatable bonds is 6. The molecule has 1 aliphatic heterocycles. The molecule has 5 nitrogen and oxygen atoms in total. The Bertz CT molecular complexity index is 1130. The fourth-order valence-corrected chi connectivity index (χ4v) is 4.93. The Morgan fingerprint density at radius 3 is 2.52 bits per heavy atom. The molecule has 1 aromatic carbocycles. The van der Waals surface area contributed by atoms with Crippen molar-refractivity contribution in [2.75, 3.05) is 6.54 Å². The summed E-state index contributed by atoms with van der Waals surface area (Å²) < 4.78 is 2.30. The smallest absolute Gasteiger partial charge is 0.264 e. The van der Waals surface area contributed by atoms with Gasteiger partial charge in [-0.25, -0.2) is 4.98 Å². The Labute approximate surface area is 187 Å². The molecule has 0 saturated carbocycles. The fraction of sp³-hybridized carbons (Fsp3) is 0.400. The van der Waals surface area contributed by atoms with E-state index in [1.807, 2.05) is 4.90 Å². The number of amides is 1. The predicted molar refractivity (Wildman–Crippen MR) is 125 cm³/mol. The summed E-state index contributed by atoms with van der Waals surface area (Å²) in [6, 6.07) is 11.9. The van der Waals surface area contributed by atoms with E-state index in [-0.39, 0.29) is 11.7 Å². The molecule has 0 saturated heterocycles. The molecule has 1 amide bonds. The molecule has 0 aliphatic carbocycles. The van der Waals surface area contributed by atoms with E-state index in [0.29, 0.717) is 28.8 Å². The average molecular weight is 436 g/mol. The van der Waals surface area contributed by atoms with Gasteiger partial charge in [-0.3, -0.25) is 9.59 Å². The molecule has 0 spiro atoms. The first kappa shape index (κ1) is 21.5. The van der Waals surface area contributed by atoms with Crippen LogP contribution in [0.5, 0.6) is 0 Å². The number of imidazole rings is 1. The highest BCUT2D eigenvalue weighted by molar-refractivity contribution is 7.15. The molecule has 0 atom stereocenters. The van der Waals surface area contributed by atoms with Crippen LogP contribution in [-0.2, 0) is 19.5 Å². The van der Waals surface area contributed by atoms with Gasteiger partial charge in [0.15, 0.2) is 5.78 Å². The number of ketones is 1. The monoisotopic (exact) mass is 435 g/mol. The Hall–Kier alpha value is -2.73. The van der Waals surface area contributed by atoms with Crippen LogP contribution in [0.3, 0.4) is 0 Å². The topological polar surface area (TPSA) is 55.2 Å². The standard InChI is InChI=1S/C25H29N3O2S/c1-16(2)9-10-20-21-15-27(25(30)23-12-11-22(31-23)18(4)29)13-14-28(21)24(26-20)19-8-6-5-7-17(19)3/h5-8,11-12,16H,9-10,13-15H2,1-4H3. The molecule has 0 fully saturated rings. The van der Waals surface area contributed by atoms with Crippen molar-refractivity contribution in [1.82, 2.24) is 14.5 Å². The maximum absolute atomic E-state index is 13.1. The third-order valence-electron chi connectivity index (χ3n) is 5.89. The minimum absolute atomic E-state index is 0.000357. The summed E-state index contributed by atoms with van der Waals surface area (Å²) in [5.41, 5.74) is 4.60. The van der Waals surface area contributed by atoms with Crippen LogP contribution in [-0.4, -0.2) is 32.7 Å².